The molecule has 27 heavy (non-hydrogen) atoms. The number of hydrogen-bond acceptors (Lipinski definition) is 7. The predicted molar refractivity (Wildman–Crippen MR) is 97.8 cm³/mol. The Bertz CT molecular complexity index is 957. The second kappa shape index (κ2) is 8.04. The average molecular weight is 367 g/mol. The summed E-state index contributed by atoms with van der Waals surface area (Å²) >= 11 is 0. The molecule has 2 N–H and O–H groups in total. The highest BCUT2D eigenvalue weighted by atomic mass is 16.6. The maximum atomic E-state index is 12.2. The number of carbonyl (C=O) groups excluding carboxylic acids is 1. The number of aromatic nitrogens is 4. The maximum Gasteiger partial charge on any atom is 0.282 e. The van der Waals surface area contributed by atoms with E-state index >= 15 is 0 Å². The monoisotopic (exact) mass is 367 g/mol. The first-order chi connectivity index (χ1) is 13.0. The summed E-state index contributed by atoms with van der Waals surface area (Å²) in [7, 11) is 0. The zero-order valence-corrected chi connectivity index (χ0v) is 14.5. The standard InChI is InChI=1S/C17H17N7O3/c1-12-21-15(11-16(22-12)23-10-4-7-20-23)18-8-9-19-17(25)13-5-2-3-6-14(13)24(26)27/h2-7,10-11H,8-9H2,1H3,(H,19,25)(H,18,21,22). The zero-order valence-electron chi connectivity index (χ0n) is 14.5. The van der Waals surface area contributed by atoms with E-state index in [1.54, 1.807) is 42.2 Å². The lowest BCUT2D eigenvalue weighted by atomic mass is 10.1. The van der Waals surface area contributed by atoms with Gasteiger partial charge in [0.1, 0.15) is 17.2 Å². The van der Waals surface area contributed by atoms with Crippen LogP contribution in [0.25, 0.3) is 5.82 Å². The van der Waals surface area contributed by atoms with Crippen molar-refractivity contribution in [3.63, 3.8) is 0 Å². The summed E-state index contributed by atoms with van der Waals surface area (Å²) < 4.78 is 1.62. The summed E-state index contributed by atoms with van der Waals surface area (Å²) in [6, 6.07) is 9.36. The van der Waals surface area contributed by atoms with E-state index in [4.69, 9.17) is 0 Å². The fraction of sp³-hybridized carbons (Fsp3) is 0.176. The van der Waals surface area contributed by atoms with E-state index in [1.807, 2.05) is 0 Å². The number of hydrogen-bond donors (Lipinski definition) is 2. The molecule has 0 saturated heterocycles. The van der Waals surface area contributed by atoms with Gasteiger partial charge in [0.25, 0.3) is 11.6 Å². The molecule has 0 aliphatic heterocycles. The van der Waals surface area contributed by atoms with Crippen molar-refractivity contribution < 1.29 is 9.72 Å². The Labute approximate surface area is 154 Å². The SMILES string of the molecule is Cc1nc(NCCNC(=O)c2ccccc2[N+](=O)[O-])cc(-n2cccn2)n1. The average Bonchev–Trinajstić information content (AvgIpc) is 3.19. The third kappa shape index (κ3) is 4.42. The van der Waals surface area contributed by atoms with Crippen LogP contribution in [0.5, 0.6) is 0 Å². The number of nitro benzene ring substituents is 1. The van der Waals surface area contributed by atoms with Gasteiger partial charge in [-0.05, 0) is 19.1 Å². The molecule has 1 amide bonds. The van der Waals surface area contributed by atoms with Crippen LogP contribution in [-0.4, -0.2) is 43.7 Å². The van der Waals surface area contributed by atoms with Crippen molar-refractivity contribution in [3.05, 3.63) is 70.3 Å². The molecule has 138 valence electrons. The molecule has 0 unspecified atom stereocenters. The molecule has 0 bridgehead atoms. The Morgan fingerprint density at radius 2 is 2.04 bits per heavy atom. The molecule has 0 aliphatic rings. The largest absolute Gasteiger partial charge is 0.368 e. The van der Waals surface area contributed by atoms with Crippen LogP contribution in [0.15, 0.2) is 48.8 Å². The molecule has 0 spiro atoms. The highest BCUT2D eigenvalue weighted by Gasteiger charge is 2.18. The Hall–Kier alpha value is -3.82. The van der Waals surface area contributed by atoms with E-state index in [2.05, 4.69) is 25.7 Å². The van der Waals surface area contributed by atoms with E-state index < -0.39 is 10.8 Å². The predicted octanol–water partition coefficient (Wildman–Crippen LogP) is 1.72. The molecular weight excluding hydrogens is 350 g/mol. The van der Waals surface area contributed by atoms with Gasteiger partial charge in [0.05, 0.1) is 4.92 Å². The Morgan fingerprint density at radius 3 is 2.78 bits per heavy atom. The van der Waals surface area contributed by atoms with E-state index in [0.29, 0.717) is 24.0 Å². The summed E-state index contributed by atoms with van der Waals surface area (Å²) in [5.41, 5.74) is -0.195. The second-order valence-electron chi connectivity index (χ2n) is 5.57. The van der Waals surface area contributed by atoms with Gasteiger partial charge in [-0.3, -0.25) is 14.9 Å². The number of aryl methyl sites for hydroxylation is 1. The molecule has 0 atom stereocenters. The lowest BCUT2D eigenvalue weighted by molar-refractivity contribution is -0.385. The molecule has 0 fully saturated rings. The highest BCUT2D eigenvalue weighted by molar-refractivity contribution is 5.98. The molecule has 10 nitrogen and oxygen atoms in total. The smallest absolute Gasteiger partial charge is 0.282 e. The molecule has 10 heteroatoms. The number of nitrogens with one attached hydrogen (secondary N) is 2. The highest BCUT2D eigenvalue weighted by Crippen LogP contribution is 2.17. The topological polar surface area (TPSA) is 128 Å². The second-order valence-corrected chi connectivity index (χ2v) is 5.57. The van der Waals surface area contributed by atoms with Crippen LogP contribution < -0.4 is 10.6 Å². The van der Waals surface area contributed by atoms with Crippen LogP contribution in [-0.2, 0) is 0 Å². The van der Waals surface area contributed by atoms with E-state index in [1.165, 1.54) is 18.2 Å². The van der Waals surface area contributed by atoms with Gasteiger partial charge < -0.3 is 10.6 Å². The maximum absolute atomic E-state index is 12.2. The van der Waals surface area contributed by atoms with Crippen molar-refractivity contribution in [3.8, 4) is 5.82 Å². The van der Waals surface area contributed by atoms with E-state index in [9.17, 15) is 14.9 Å². The summed E-state index contributed by atoms with van der Waals surface area (Å²) in [4.78, 5) is 31.2. The number of rotatable bonds is 7. The van der Waals surface area contributed by atoms with Gasteiger partial charge in [-0.1, -0.05) is 12.1 Å². The lowest BCUT2D eigenvalue weighted by Gasteiger charge is -2.09. The number of carbonyl (C=O) groups is 1. The van der Waals surface area contributed by atoms with Crippen LogP contribution in [0.2, 0.25) is 0 Å². The number of para-hydroxylation sites is 1. The van der Waals surface area contributed by atoms with Gasteiger partial charge in [0.15, 0.2) is 5.82 Å². The number of nitro groups is 1. The Balaban J connectivity index is 1.58. The van der Waals surface area contributed by atoms with Gasteiger partial charge in [-0.2, -0.15) is 5.10 Å². The molecule has 2 aromatic heterocycles. The first kappa shape index (κ1) is 18.0. The quantitative estimate of drug-likeness (QED) is 0.370. The number of nitrogens with zero attached hydrogens (tertiary/aromatic N) is 5. The zero-order chi connectivity index (χ0) is 19.2. The van der Waals surface area contributed by atoms with E-state index in [-0.39, 0.29) is 17.8 Å². The van der Waals surface area contributed by atoms with Crippen LogP contribution in [0.4, 0.5) is 11.5 Å². The van der Waals surface area contributed by atoms with Crippen molar-refractivity contribution in [2.24, 2.45) is 0 Å². The Morgan fingerprint density at radius 1 is 1.22 bits per heavy atom. The van der Waals surface area contributed by atoms with Gasteiger partial charge in [0.2, 0.25) is 0 Å². The minimum absolute atomic E-state index is 0.0290. The molecule has 3 rings (SSSR count). The minimum atomic E-state index is -0.576. The van der Waals surface area contributed by atoms with Crippen LogP contribution in [0, 0.1) is 17.0 Å². The molecule has 1 aromatic carbocycles. The first-order valence-corrected chi connectivity index (χ1v) is 8.16. The molecular formula is C17H17N7O3. The molecule has 0 radical (unpaired) electrons. The van der Waals surface area contributed by atoms with Crippen molar-refractivity contribution in [2.45, 2.75) is 6.92 Å². The third-order valence-electron chi connectivity index (χ3n) is 3.63. The molecule has 2 heterocycles. The van der Waals surface area contributed by atoms with Crippen molar-refractivity contribution >= 4 is 17.4 Å². The molecule has 3 aromatic rings. The van der Waals surface area contributed by atoms with Crippen molar-refractivity contribution in [1.82, 2.24) is 25.1 Å². The normalized spacial score (nSPS) is 10.4. The fourth-order valence-electron chi connectivity index (χ4n) is 2.45. The summed E-state index contributed by atoms with van der Waals surface area (Å²) in [5.74, 6) is 1.29. The van der Waals surface area contributed by atoms with Gasteiger partial charge in [0, 0.05) is 37.6 Å². The summed E-state index contributed by atoms with van der Waals surface area (Å²) in [6.07, 6.45) is 3.43. The van der Waals surface area contributed by atoms with Gasteiger partial charge >= 0.3 is 0 Å². The molecule has 0 saturated carbocycles. The van der Waals surface area contributed by atoms with Crippen LogP contribution >= 0.6 is 0 Å². The summed E-state index contributed by atoms with van der Waals surface area (Å²) in [5, 5.41) is 20.9. The van der Waals surface area contributed by atoms with Gasteiger partial charge in [-0.15, -0.1) is 0 Å². The first-order valence-electron chi connectivity index (χ1n) is 8.16. The molecule has 0 aliphatic carbocycles. The van der Waals surface area contributed by atoms with Crippen molar-refractivity contribution in [2.75, 3.05) is 18.4 Å². The van der Waals surface area contributed by atoms with Crippen LogP contribution in [0.1, 0.15) is 16.2 Å². The van der Waals surface area contributed by atoms with E-state index in [0.717, 1.165) is 0 Å². The van der Waals surface area contributed by atoms with Crippen LogP contribution in [0.3, 0.4) is 0 Å². The Kier molecular flexibility index (Phi) is 5.36. The summed E-state index contributed by atoms with van der Waals surface area (Å²) in [6.45, 7) is 2.43. The third-order valence-corrected chi connectivity index (χ3v) is 3.63. The van der Waals surface area contributed by atoms with Crippen molar-refractivity contribution in [1.29, 1.82) is 0 Å². The lowest BCUT2D eigenvalue weighted by Crippen LogP contribution is -2.29. The number of anilines is 1. The van der Waals surface area contributed by atoms with Gasteiger partial charge in [-0.25, -0.2) is 14.6 Å². The number of amides is 1. The minimum Gasteiger partial charge on any atom is -0.368 e. The number of benzene rings is 1. The fourth-order valence-corrected chi connectivity index (χ4v) is 2.45.